The first-order chi connectivity index (χ1) is 11.1. The standard InChI is InChI=1S/C17H13N3O3/c1-2-15(21)20-16(12-7-8-14(17(22)23)18-9-12)13-6-4-3-5-11(13)10-19-20/h2-10,16H,1H2,(H,22,23). The van der Waals surface area contributed by atoms with Crippen molar-refractivity contribution >= 4 is 18.1 Å². The Kier molecular flexibility index (Phi) is 3.72. The number of carbonyl (C=O) groups is 2. The van der Waals surface area contributed by atoms with Crippen molar-refractivity contribution in [3.8, 4) is 0 Å². The number of carboxylic acids is 1. The fraction of sp³-hybridized carbons (Fsp3) is 0.0588. The third-order valence-corrected chi connectivity index (χ3v) is 3.58. The number of carboxylic acid groups (broad SMARTS) is 1. The van der Waals surface area contributed by atoms with E-state index in [0.29, 0.717) is 5.56 Å². The second-order valence-corrected chi connectivity index (χ2v) is 4.94. The molecule has 0 saturated heterocycles. The van der Waals surface area contributed by atoms with Gasteiger partial charge in [0.2, 0.25) is 0 Å². The van der Waals surface area contributed by atoms with Gasteiger partial charge in [0.05, 0.1) is 6.21 Å². The van der Waals surface area contributed by atoms with E-state index in [1.165, 1.54) is 23.3 Å². The highest BCUT2D eigenvalue weighted by Crippen LogP contribution is 2.33. The second kappa shape index (κ2) is 5.84. The Labute approximate surface area is 132 Å². The Hall–Kier alpha value is -3.28. The smallest absolute Gasteiger partial charge is 0.354 e. The summed E-state index contributed by atoms with van der Waals surface area (Å²) < 4.78 is 0. The molecular weight excluding hydrogens is 294 g/mol. The first kappa shape index (κ1) is 14.6. The molecule has 2 aromatic rings. The number of hydrogen-bond donors (Lipinski definition) is 1. The molecule has 6 nitrogen and oxygen atoms in total. The van der Waals surface area contributed by atoms with Crippen molar-refractivity contribution in [3.05, 3.63) is 77.6 Å². The maximum atomic E-state index is 12.1. The van der Waals surface area contributed by atoms with Crippen LogP contribution in [0.3, 0.4) is 0 Å². The van der Waals surface area contributed by atoms with Crippen LogP contribution in [0, 0.1) is 0 Å². The van der Waals surface area contributed by atoms with E-state index in [1.54, 1.807) is 12.3 Å². The monoisotopic (exact) mass is 307 g/mol. The normalized spacial score (nSPS) is 15.8. The van der Waals surface area contributed by atoms with Crippen LogP contribution in [0.15, 0.2) is 60.4 Å². The van der Waals surface area contributed by atoms with E-state index in [4.69, 9.17) is 5.11 Å². The van der Waals surface area contributed by atoms with Gasteiger partial charge in [0.25, 0.3) is 5.91 Å². The summed E-state index contributed by atoms with van der Waals surface area (Å²) >= 11 is 0. The zero-order chi connectivity index (χ0) is 16.4. The molecular formula is C17H13N3O3. The number of nitrogens with zero attached hydrogens (tertiary/aromatic N) is 3. The molecule has 0 saturated carbocycles. The van der Waals surface area contributed by atoms with Crippen LogP contribution >= 0.6 is 0 Å². The maximum Gasteiger partial charge on any atom is 0.354 e. The lowest BCUT2D eigenvalue weighted by Gasteiger charge is -2.31. The Balaban J connectivity index is 2.11. The van der Waals surface area contributed by atoms with Gasteiger partial charge in [0.1, 0.15) is 11.7 Å². The largest absolute Gasteiger partial charge is 0.477 e. The number of pyridine rings is 1. The van der Waals surface area contributed by atoms with Gasteiger partial charge in [0.15, 0.2) is 0 Å². The molecule has 1 amide bonds. The van der Waals surface area contributed by atoms with Gasteiger partial charge in [-0.05, 0) is 23.3 Å². The number of fused-ring (bicyclic) bond motifs is 1. The lowest BCUT2D eigenvalue weighted by atomic mass is 9.94. The van der Waals surface area contributed by atoms with Crippen LogP contribution in [0.1, 0.15) is 33.2 Å². The summed E-state index contributed by atoms with van der Waals surface area (Å²) in [7, 11) is 0. The van der Waals surface area contributed by atoms with Crippen LogP contribution in [0.5, 0.6) is 0 Å². The molecule has 0 bridgehead atoms. The first-order valence-corrected chi connectivity index (χ1v) is 6.89. The summed E-state index contributed by atoms with van der Waals surface area (Å²) in [5.74, 6) is -1.44. The van der Waals surface area contributed by atoms with E-state index in [0.717, 1.165) is 11.1 Å². The number of hydrazone groups is 1. The van der Waals surface area contributed by atoms with Crippen molar-refractivity contribution in [1.29, 1.82) is 0 Å². The fourth-order valence-corrected chi connectivity index (χ4v) is 2.49. The molecule has 6 heteroatoms. The molecule has 0 spiro atoms. The van der Waals surface area contributed by atoms with Crippen LogP contribution in [0.2, 0.25) is 0 Å². The van der Waals surface area contributed by atoms with Crippen molar-refractivity contribution in [2.75, 3.05) is 0 Å². The highest BCUT2D eigenvalue weighted by Gasteiger charge is 2.30. The van der Waals surface area contributed by atoms with E-state index in [2.05, 4.69) is 16.7 Å². The minimum absolute atomic E-state index is 0.0528. The third kappa shape index (κ3) is 2.62. The van der Waals surface area contributed by atoms with E-state index in [9.17, 15) is 9.59 Å². The lowest BCUT2D eigenvalue weighted by molar-refractivity contribution is -0.127. The van der Waals surface area contributed by atoms with Crippen LogP contribution in [0.25, 0.3) is 0 Å². The summed E-state index contributed by atoms with van der Waals surface area (Å²) in [6.07, 6.45) is 4.26. The molecule has 1 aliphatic heterocycles. The zero-order valence-corrected chi connectivity index (χ0v) is 12.1. The molecule has 0 aliphatic carbocycles. The molecule has 114 valence electrons. The molecule has 1 unspecified atom stereocenters. The fourth-order valence-electron chi connectivity index (χ4n) is 2.49. The molecule has 2 heterocycles. The van der Waals surface area contributed by atoms with Gasteiger partial charge >= 0.3 is 5.97 Å². The van der Waals surface area contributed by atoms with Crippen LogP contribution < -0.4 is 0 Å². The summed E-state index contributed by atoms with van der Waals surface area (Å²) in [4.78, 5) is 27.0. The number of rotatable bonds is 3. The van der Waals surface area contributed by atoms with Crippen molar-refractivity contribution in [2.24, 2.45) is 5.10 Å². The van der Waals surface area contributed by atoms with Crippen molar-refractivity contribution < 1.29 is 14.7 Å². The van der Waals surface area contributed by atoms with Crippen molar-refractivity contribution in [2.45, 2.75) is 6.04 Å². The average Bonchev–Trinajstić information content (AvgIpc) is 2.60. The lowest BCUT2D eigenvalue weighted by Crippen LogP contribution is -2.33. The zero-order valence-electron chi connectivity index (χ0n) is 12.1. The molecule has 1 N–H and O–H groups in total. The minimum atomic E-state index is -1.10. The van der Waals surface area contributed by atoms with E-state index in [-0.39, 0.29) is 11.6 Å². The average molecular weight is 307 g/mol. The Morgan fingerprint density at radius 2 is 2.00 bits per heavy atom. The summed E-state index contributed by atoms with van der Waals surface area (Å²) in [5, 5.41) is 14.5. The third-order valence-electron chi connectivity index (χ3n) is 3.58. The topological polar surface area (TPSA) is 82.9 Å². The van der Waals surface area contributed by atoms with Gasteiger partial charge in [-0.2, -0.15) is 5.10 Å². The predicted molar refractivity (Wildman–Crippen MR) is 84.1 cm³/mol. The first-order valence-electron chi connectivity index (χ1n) is 6.89. The maximum absolute atomic E-state index is 12.1. The SMILES string of the molecule is C=CC(=O)N1N=Cc2ccccc2C1c1ccc(C(=O)O)nc1. The van der Waals surface area contributed by atoms with Crippen molar-refractivity contribution in [1.82, 2.24) is 9.99 Å². The summed E-state index contributed by atoms with van der Waals surface area (Å²) in [5.41, 5.74) is 2.41. The molecule has 1 aliphatic rings. The van der Waals surface area contributed by atoms with Crippen LogP contribution in [-0.2, 0) is 4.79 Å². The predicted octanol–water partition coefficient (Wildman–Crippen LogP) is 2.23. The molecule has 1 aromatic heterocycles. The second-order valence-electron chi connectivity index (χ2n) is 4.94. The van der Waals surface area contributed by atoms with E-state index in [1.807, 2.05) is 24.3 Å². The van der Waals surface area contributed by atoms with Crippen LogP contribution in [-0.4, -0.2) is 33.2 Å². The minimum Gasteiger partial charge on any atom is -0.477 e. The van der Waals surface area contributed by atoms with Gasteiger partial charge in [-0.25, -0.2) is 14.8 Å². The number of carbonyl (C=O) groups excluding carboxylic acids is 1. The Morgan fingerprint density at radius 3 is 2.65 bits per heavy atom. The molecule has 1 aromatic carbocycles. The van der Waals surface area contributed by atoms with E-state index >= 15 is 0 Å². The number of hydrogen-bond acceptors (Lipinski definition) is 4. The van der Waals surface area contributed by atoms with Gasteiger partial charge in [-0.3, -0.25) is 4.79 Å². The quantitative estimate of drug-likeness (QED) is 0.881. The number of aromatic nitrogens is 1. The van der Waals surface area contributed by atoms with Gasteiger partial charge in [0, 0.05) is 11.8 Å². The molecule has 0 radical (unpaired) electrons. The Bertz CT molecular complexity index is 812. The number of aromatic carboxylic acids is 1. The van der Waals surface area contributed by atoms with Crippen LogP contribution in [0.4, 0.5) is 0 Å². The van der Waals surface area contributed by atoms with Crippen molar-refractivity contribution in [3.63, 3.8) is 0 Å². The molecule has 23 heavy (non-hydrogen) atoms. The highest BCUT2D eigenvalue weighted by atomic mass is 16.4. The van der Waals surface area contributed by atoms with E-state index < -0.39 is 12.0 Å². The van der Waals surface area contributed by atoms with Gasteiger partial charge in [-0.15, -0.1) is 0 Å². The van der Waals surface area contributed by atoms with Gasteiger partial charge in [-0.1, -0.05) is 36.9 Å². The molecule has 0 fully saturated rings. The number of amides is 1. The summed E-state index contributed by atoms with van der Waals surface area (Å²) in [6, 6.07) is 10.1. The Morgan fingerprint density at radius 1 is 1.22 bits per heavy atom. The molecule has 1 atom stereocenters. The highest BCUT2D eigenvalue weighted by molar-refractivity contribution is 5.92. The summed E-state index contributed by atoms with van der Waals surface area (Å²) in [6.45, 7) is 3.50. The number of benzene rings is 1. The van der Waals surface area contributed by atoms with Gasteiger partial charge < -0.3 is 5.11 Å². The molecule has 3 rings (SSSR count).